The van der Waals surface area contributed by atoms with Crippen LogP contribution in [0.25, 0.3) is 22.3 Å². The number of aromatic carboxylic acids is 2. The molecule has 166 valence electrons. The molecule has 0 aromatic heterocycles. The van der Waals surface area contributed by atoms with Crippen LogP contribution < -0.4 is 0 Å². The fraction of sp³-hybridized carbons (Fsp3) is 0.286. The summed E-state index contributed by atoms with van der Waals surface area (Å²) < 4.78 is 0. The highest BCUT2D eigenvalue weighted by Crippen LogP contribution is 2.44. The lowest BCUT2D eigenvalue weighted by Crippen LogP contribution is -2.09. The lowest BCUT2D eigenvalue weighted by molar-refractivity contribution is 0.0686. The highest BCUT2D eigenvalue weighted by Gasteiger charge is 2.26. The van der Waals surface area contributed by atoms with Gasteiger partial charge in [0.05, 0.1) is 11.1 Å². The number of rotatable bonds is 8. The summed E-state index contributed by atoms with van der Waals surface area (Å²) in [5, 5.41) is 19.8. The van der Waals surface area contributed by atoms with Gasteiger partial charge in [-0.05, 0) is 76.8 Å². The van der Waals surface area contributed by atoms with Crippen molar-refractivity contribution in [2.24, 2.45) is 0 Å². The number of carboxylic acid groups (broad SMARTS) is 2. The summed E-state index contributed by atoms with van der Waals surface area (Å²) in [6, 6.07) is 16.1. The molecule has 4 heteroatoms. The number of unbranched alkanes of at least 4 members (excludes halogenated alkanes) is 1. The van der Waals surface area contributed by atoms with Crippen molar-refractivity contribution < 1.29 is 19.8 Å². The standard InChI is InChI=1S/C28H30O4/c1-5-6-11-19-16-18(4)25(20-12-7-9-14-22(20)27(29)30)26(24(19)17(2)3)21-13-8-10-15-23(21)28(31)32/h7-10,12-17H,5-6,11H2,1-4H3,(H,29,30)(H,31,32). The van der Waals surface area contributed by atoms with Crippen molar-refractivity contribution in [3.8, 4) is 22.3 Å². The third-order valence-corrected chi connectivity index (χ3v) is 5.88. The van der Waals surface area contributed by atoms with E-state index in [2.05, 4.69) is 26.8 Å². The van der Waals surface area contributed by atoms with E-state index in [1.54, 1.807) is 24.3 Å². The summed E-state index contributed by atoms with van der Waals surface area (Å²) in [6.07, 6.45) is 2.99. The van der Waals surface area contributed by atoms with Gasteiger partial charge in [0.2, 0.25) is 0 Å². The van der Waals surface area contributed by atoms with E-state index >= 15 is 0 Å². The van der Waals surface area contributed by atoms with Gasteiger partial charge in [0.25, 0.3) is 0 Å². The molecule has 0 spiro atoms. The molecule has 0 aliphatic carbocycles. The van der Waals surface area contributed by atoms with Gasteiger partial charge in [-0.25, -0.2) is 9.59 Å². The van der Waals surface area contributed by atoms with Gasteiger partial charge >= 0.3 is 11.9 Å². The van der Waals surface area contributed by atoms with Gasteiger partial charge in [-0.1, -0.05) is 69.7 Å². The van der Waals surface area contributed by atoms with E-state index in [0.29, 0.717) is 11.1 Å². The maximum atomic E-state index is 12.1. The predicted octanol–water partition coefficient (Wildman–Crippen LogP) is 7.19. The Morgan fingerprint density at radius 2 is 1.34 bits per heavy atom. The first kappa shape index (κ1) is 23.3. The topological polar surface area (TPSA) is 74.6 Å². The summed E-state index contributed by atoms with van der Waals surface area (Å²) >= 11 is 0. The van der Waals surface area contributed by atoms with Gasteiger partial charge in [-0.2, -0.15) is 0 Å². The lowest BCUT2D eigenvalue weighted by atomic mass is 9.78. The second kappa shape index (κ2) is 9.82. The summed E-state index contributed by atoms with van der Waals surface area (Å²) in [5.41, 5.74) is 6.52. The van der Waals surface area contributed by atoms with Crippen molar-refractivity contribution in [1.82, 2.24) is 0 Å². The fourth-order valence-electron chi connectivity index (χ4n) is 4.54. The molecule has 0 aliphatic heterocycles. The van der Waals surface area contributed by atoms with E-state index in [0.717, 1.165) is 41.5 Å². The number of benzene rings is 3. The van der Waals surface area contributed by atoms with Crippen molar-refractivity contribution in [2.45, 2.75) is 52.9 Å². The quantitative estimate of drug-likeness (QED) is 0.396. The van der Waals surface area contributed by atoms with Gasteiger partial charge < -0.3 is 10.2 Å². The molecule has 3 rings (SSSR count). The predicted molar refractivity (Wildman–Crippen MR) is 129 cm³/mol. The Kier molecular flexibility index (Phi) is 7.14. The smallest absolute Gasteiger partial charge is 0.336 e. The molecule has 0 bridgehead atoms. The molecule has 0 saturated carbocycles. The molecule has 0 amide bonds. The normalized spacial score (nSPS) is 11.0. The van der Waals surface area contributed by atoms with Crippen LogP contribution in [0.1, 0.15) is 76.9 Å². The Bertz CT molecular complexity index is 1160. The zero-order valence-corrected chi connectivity index (χ0v) is 19.1. The molecule has 0 fully saturated rings. The molecule has 0 unspecified atom stereocenters. The molecule has 3 aromatic carbocycles. The number of carbonyl (C=O) groups is 2. The molecule has 0 heterocycles. The Labute approximate surface area is 189 Å². The van der Waals surface area contributed by atoms with Gasteiger partial charge in [0, 0.05) is 0 Å². The minimum Gasteiger partial charge on any atom is -0.478 e. The Hall–Kier alpha value is -3.40. The van der Waals surface area contributed by atoms with Crippen molar-refractivity contribution in [3.63, 3.8) is 0 Å². The van der Waals surface area contributed by atoms with E-state index in [-0.39, 0.29) is 17.0 Å². The summed E-state index contributed by atoms with van der Waals surface area (Å²) in [4.78, 5) is 24.2. The molecular formula is C28H30O4. The molecule has 4 nitrogen and oxygen atoms in total. The van der Waals surface area contributed by atoms with Crippen molar-refractivity contribution >= 4 is 11.9 Å². The average molecular weight is 431 g/mol. The monoisotopic (exact) mass is 430 g/mol. The minimum atomic E-state index is -1.00. The van der Waals surface area contributed by atoms with Crippen LogP contribution in [0.15, 0.2) is 54.6 Å². The maximum Gasteiger partial charge on any atom is 0.336 e. The summed E-state index contributed by atoms with van der Waals surface area (Å²) in [6.45, 7) is 8.36. The molecule has 0 radical (unpaired) electrons. The van der Waals surface area contributed by atoms with Crippen LogP contribution in [0, 0.1) is 6.92 Å². The minimum absolute atomic E-state index is 0.134. The largest absolute Gasteiger partial charge is 0.478 e. The van der Waals surface area contributed by atoms with Crippen molar-refractivity contribution in [2.75, 3.05) is 0 Å². The van der Waals surface area contributed by atoms with E-state index < -0.39 is 11.9 Å². The van der Waals surface area contributed by atoms with Crippen LogP contribution in [0.2, 0.25) is 0 Å². The van der Waals surface area contributed by atoms with E-state index in [9.17, 15) is 19.8 Å². The average Bonchev–Trinajstić information content (AvgIpc) is 2.76. The van der Waals surface area contributed by atoms with Crippen molar-refractivity contribution in [3.05, 3.63) is 82.4 Å². The fourth-order valence-corrected chi connectivity index (χ4v) is 4.54. The molecule has 2 N–H and O–H groups in total. The summed E-state index contributed by atoms with van der Waals surface area (Å²) in [5.74, 6) is -1.86. The first-order valence-electron chi connectivity index (χ1n) is 11.1. The van der Waals surface area contributed by atoms with Crippen LogP contribution in [-0.4, -0.2) is 22.2 Å². The molecule has 0 saturated heterocycles. The first-order chi connectivity index (χ1) is 15.3. The third-order valence-electron chi connectivity index (χ3n) is 5.88. The van der Waals surface area contributed by atoms with E-state index in [4.69, 9.17) is 0 Å². The molecule has 0 aliphatic rings. The van der Waals surface area contributed by atoms with Gasteiger partial charge in [0.1, 0.15) is 0 Å². The van der Waals surface area contributed by atoms with Gasteiger partial charge in [-0.3, -0.25) is 0 Å². The zero-order chi connectivity index (χ0) is 23.4. The van der Waals surface area contributed by atoms with Crippen LogP contribution in [0.5, 0.6) is 0 Å². The number of hydrogen-bond donors (Lipinski definition) is 2. The zero-order valence-electron chi connectivity index (χ0n) is 19.1. The summed E-state index contributed by atoms with van der Waals surface area (Å²) in [7, 11) is 0. The van der Waals surface area contributed by atoms with Crippen LogP contribution in [-0.2, 0) is 6.42 Å². The second-order valence-electron chi connectivity index (χ2n) is 8.48. The van der Waals surface area contributed by atoms with E-state index in [1.807, 2.05) is 31.2 Å². The molecule has 32 heavy (non-hydrogen) atoms. The Morgan fingerprint density at radius 1 is 0.844 bits per heavy atom. The maximum absolute atomic E-state index is 12.1. The molecule has 0 atom stereocenters. The van der Waals surface area contributed by atoms with Crippen molar-refractivity contribution in [1.29, 1.82) is 0 Å². The number of aryl methyl sites for hydroxylation is 2. The van der Waals surface area contributed by atoms with Crippen LogP contribution in [0.3, 0.4) is 0 Å². The third kappa shape index (κ3) is 4.45. The molecule has 3 aromatic rings. The van der Waals surface area contributed by atoms with Gasteiger partial charge in [0.15, 0.2) is 0 Å². The Morgan fingerprint density at radius 3 is 1.81 bits per heavy atom. The number of carboxylic acids is 2. The van der Waals surface area contributed by atoms with Crippen LogP contribution in [0.4, 0.5) is 0 Å². The van der Waals surface area contributed by atoms with Crippen LogP contribution >= 0.6 is 0 Å². The first-order valence-corrected chi connectivity index (χ1v) is 11.1. The second-order valence-corrected chi connectivity index (χ2v) is 8.48. The molecular weight excluding hydrogens is 400 g/mol. The number of hydrogen-bond acceptors (Lipinski definition) is 2. The highest BCUT2D eigenvalue weighted by molar-refractivity contribution is 6.04. The SMILES string of the molecule is CCCCc1cc(C)c(-c2ccccc2C(=O)O)c(-c2ccccc2C(=O)O)c1C(C)C. The highest BCUT2D eigenvalue weighted by atomic mass is 16.4. The Balaban J connectivity index is 2.53. The van der Waals surface area contributed by atoms with E-state index in [1.165, 1.54) is 5.56 Å². The van der Waals surface area contributed by atoms with Gasteiger partial charge in [-0.15, -0.1) is 0 Å². The lowest BCUT2D eigenvalue weighted by Gasteiger charge is -2.26.